The maximum absolute atomic E-state index is 13.4. The van der Waals surface area contributed by atoms with E-state index in [0.29, 0.717) is 6.07 Å². The minimum Gasteiger partial charge on any atom is -0.325 e. The fourth-order valence-electron chi connectivity index (χ4n) is 3.11. The molecule has 13 heteroatoms. The van der Waals surface area contributed by atoms with Gasteiger partial charge in [0, 0.05) is 11.8 Å². The molecule has 8 nitrogen and oxygen atoms in total. The maximum atomic E-state index is 13.4. The predicted octanol–water partition coefficient (Wildman–Crippen LogP) is 2.97. The number of hydrogen-bond donors (Lipinski definition) is 1. The van der Waals surface area contributed by atoms with Crippen molar-refractivity contribution in [3.8, 4) is 0 Å². The number of nitrogens with one attached hydrogen (secondary N) is 1. The summed E-state index contributed by atoms with van der Waals surface area (Å²) in [6, 6.07) is 6.94. The van der Waals surface area contributed by atoms with Crippen LogP contribution in [0.5, 0.6) is 0 Å². The Labute approximate surface area is 181 Å². The van der Waals surface area contributed by atoms with Crippen molar-refractivity contribution < 1.29 is 26.7 Å². The largest absolute Gasteiger partial charge is 0.416 e. The lowest BCUT2D eigenvalue weighted by Crippen LogP contribution is -2.28. The van der Waals surface area contributed by atoms with E-state index in [4.69, 9.17) is 0 Å². The Hall–Kier alpha value is -4.16. The molecule has 0 atom stereocenters. The molecule has 0 radical (unpaired) electrons. The van der Waals surface area contributed by atoms with Crippen LogP contribution >= 0.6 is 0 Å². The van der Waals surface area contributed by atoms with E-state index < -0.39 is 41.4 Å². The van der Waals surface area contributed by atoms with Crippen molar-refractivity contribution in [3.63, 3.8) is 0 Å². The number of benzene rings is 2. The molecule has 0 aliphatic rings. The van der Waals surface area contributed by atoms with Crippen LogP contribution in [-0.4, -0.2) is 30.5 Å². The normalized spacial score (nSPS) is 11.7. The number of fused-ring (bicyclic) bond motifs is 1. The van der Waals surface area contributed by atoms with Gasteiger partial charge in [0.15, 0.2) is 11.2 Å². The Bertz CT molecular complexity index is 1390. The second kappa shape index (κ2) is 8.41. The van der Waals surface area contributed by atoms with Crippen molar-refractivity contribution in [2.75, 3.05) is 5.32 Å². The molecule has 4 aromatic rings. The molecule has 2 aromatic heterocycles. The van der Waals surface area contributed by atoms with Crippen molar-refractivity contribution in [2.45, 2.75) is 19.3 Å². The van der Waals surface area contributed by atoms with E-state index in [1.54, 1.807) is 0 Å². The van der Waals surface area contributed by atoms with E-state index in [9.17, 15) is 31.5 Å². The third-order valence-electron chi connectivity index (χ3n) is 4.53. The molecule has 1 N–H and O–H groups in total. The zero-order chi connectivity index (χ0) is 23.8. The molecule has 2 heterocycles. The van der Waals surface area contributed by atoms with Crippen molar-refractivity contribution in [1.82, 2.24) is 24.5 Å². The Balaban J connectivity index is 1.53. The van der Waals surface area contributed by atoms with Crippen LogP contribution in [-0.2, 0) is 24.1 Å². The highest BCUT2D eigenvalue weighted by Crippen LogP contribution is 2.30. The molecule has 0 bridgehead atoms. The molecule has 1 amide bonds. The maximum Gasteiger partial charge on any atom is 0.416 e. The first kappa shape index (κ1) is 22.0. The number of carbonyl (C=O) groups excluding carboxylic acids is 1. The van der Waals surface area contributed by atoms with Crippen LogP contribution in [0, 0.1) is 11.6 Å². The Morgan fingerprint density at radius 1 is 1.06 bits per heavy atom. The van der Waals surface area contributed by atoms with Gasteiger partial charge in [-0.25, -0.2) is 18.4 Å². The number of anilines is 1. The first-order valence-corrected chi connectivity index (χ1v) is 9.31. The summed E-state index contributed by atoms with van der Waals surface area (Å²) < 4.78 is 67.3. The first-order valence-electron chi connectivity index (χ1n) is 9.31. The van der Waals surface area contributed by atoms with Crippen molar-refractivity contribution in [3.05, 3.63) is 81.9 Å². The number of hydrogen-bond acceptors (Lipinski definition) is 5. The van der Waals surface area contributed by atoms with Crippen molar-refractivity contribution in [1.29, 1.82) is 0 Å². The lowest BCUT2D eigenvalue weighted by atomic mass is 10.2. The van der Waals surface area contributed by atoms with E-state index in [2.05, 4.69) is 20.6 Å². The molecule has 0 aliphatic carbocycles. The summed E-state index contributed by atoms with van der Waals surface area (Å²) in [5.41, 5.74) is -1.69. The summed E-state index contributed by atoms with van der Waals surface area (Å²) in [4.78, 5) is 28.9. The average molecular weight is 464 g/mol. The van der Waals surface area contributed by atoms with Crippen LogP contribution in [0.2, 0.25) is 0 Å². The fourth-order valence-corrected chi connectivity index (χ4v) is 3.11. The highest BCUT2D eigenvalue weighted by molar-refractivity contribution is 5.90. The highest BCUT2D eigenvalue weighted by Gasteiger charge is 2.30. The van der Waals surface area contributed by atoms with Crippen LogP contribution in [0.25, 0.3) is 11.2 Å². The zero-order valence-corrected chi connectivity index (χ0v) is 16.5. The Morgan fingerprint density at radius 2 is 1.79 bits per heavy atom. The quantitative estimate of drug-likeness (QED) is 0.459. The second-order valence-corrected chi connectivity index (χ2v) is 7.00. The van der Waals surface area contributed by atoms with Crippen LogP contribution in [0.3, 0.4) is 0 Å². The lowest BCUT2D eigenvalue weighted by molar-refractivity contribution is -0.137. The average Bonchev–Trinajstić information content (AvgIpc) is 3.12. The van der Waals surface area contributed by atoms with E-state index >= 15 is 0 Å². The minimum absolute atomic E-state index is 0.0270. The molecular formula is C20H13F5N6O2. The van der Waals surface area contributed by atoms with Gasteiger partial charge in [-0.2, -0.15) is 13.2 Å². The van der Waals surface area contributed by atoms with Crippen molar-refractivity contribution in [2.24, 2.45) is 0 Å². The summed E-state index contributed by atoms with van der Waals surface area (Å²) in [6.07, 6.45) is -3.53. The monoisotopic (exact) mass is 464 g/mol. The minimum atomic E-state index is -4.57. The topological polar surface area (TPSA) is 94.7 Å². The van der Waals surface area contributed by atoms with Gasteiger partial charge < -0.3 is 5.32 Å². The highest BCUT2D eigenvalue weighted by atomic mass is 19.4. The number of halogens is 5. The van der Waals surface area contributed by atoms with Gasteiger partial charge >= 0.3 is 6.18 Å². The molecule has 2 aromatic carbocycles. The molecule has 0 spiro atoms. The number of aromatic nitrogens is 5. The molecule has 4 rings (SSSR count). The van der Waals surface area contributed by atoms with Gasteiger partial charge in [0.25, 0.3) is 5.56 Å². The molecule has 170 valence electrons. The van der Waals surface area contributed by atoms with E-state index in [1.165, 1.54) is 6.07 Å². The van der Waals surface area contributed by atoms with E-state index in [0.717, 1.165) is 45.9 Å². The van der Waals surface area contributed by atoms with E-state index in [-0.39, 0.29) is 29.0 Å². The van der Waals surface area contributed by atoms with Crippen molar-refractivity contribution >= 4 is 22.8 Å². The molecule has 0 unspecified atom stereocenters. The first-order chi connectivity index (χ1) is 15.6. The van der Waals surface area contributed by atoms with Crippen LogP contribution in [0.15, 0.2) is 53.6 Å². The van der Waals surface area contributed by atoms with Gasteiger partial charge in [0.05, 0.1) is 12.1 Å². The number of nitrogens with zero attached hydrogens (tertiary/aromatic N) is 5. The van der Waals surface area contributed by atoms with Gasteiger partial charge in [-0.1, -0.05) is 11.3 Å². The summed E-state index contributed by atoms with van der Waals surface area (Å²) >= 11 is 0. The molecule has 0 fully saturated rings. The molecule has 33 heavy (non-hydrogen) atoms. The van der Waals surface area contributed by atoms with E-state index in [1.807, 2.05) is 0 Å². The number of carbonyl (C=O) groups is 1. The lowest BCUT2D eigenvalue weighted by Gasteiger charge is -2.10. The van der Waals surface area contributed by atoms with Gasteiger partial charge in [0.1, 0.15) is 24.5 Å². The second-order valence-electron chi connectivity index (χ2n) is 7.00. The van der Waals surface area contributed by atoms with Crippen LogP contribution in [0.1, 0.15) is 11.1 Å². The molecule has 0 aliphatic heterocycles. The van der Waals surface area contributed by atoms with Gasteiger partial charge in [-0.3, -0.25) is 14.2 Å². The zero-order valence-electron chi connectivity index (χ0n) is 16.5. The van der Waals surface area contributed by atoms with Gasteiger partial charge in [-0.05, 0) is 35.9 Å². The summed E-state index contributed by atoms with van der Waals surface area (Å²) in [5, 5.41) is 9.78. The fraction of sp³-hybridized carbons (Fsp3) is 0.150. The Kier molecular flexibility index (Phi) is 5.62. The number of alkyl halides is 3. The van der Waals surface area contributed by atoms with Gasteiger partial charge in [-0.15, -0.1) is 5.10 Å². The smallest absolute Gasteiger partial charge is 0.325 e. The molecule has 0 saturated heterocycles. The van der Waals surface area contributed by atoms with Crippen LogP contribution < -0.4 is 10.9 Å². The molecule has 0 saturated carbocycles. The standard InChI is InChI=1S/C20H13F5N6O2/c21-13-4-11(5-14(22)7-13)8-31-18-17(28-29-31)19(33)30(10-26-18)9-16(32)27-15-3-1-2-12(6-15)20(23,24)25/h1-7,10H,8-9H2,(H,27,32). The number of amides is 1. The third-order valence-corrected chi connectivity index (χ3v) is 4.53. The SMILES string of the molecule is O=C(Cn1cnc2c(nnn2Cc2cc(F)cc(F)c2)c1=O)Nc1cccc(C(F)(F)F)c1. The summed E-state index contributed by atoms with van der Waals surface area (Å²) in [7, 11) is 0. The summed E-state index contributed by atoms with van der Waals surface area (Å²) in [5.74, 6) is -2.33. The Morgan fingerprint density at radius 3 is 2.48 bits per heavy atom. The number of rotatable bonds is 5. The predicted molar refractivity (Wildman–Crippen MR) is 105 cm³/mol. The molecular weight excluding hydrogens is 451 g/mol. The van der Waals surface area contributed by atoms with Crippen LogP contribution in [0.4, 0.5) is 27.6 Å². The van der Waals surface area contributed by atoms with Gasteiger partial charge in [0.2, 0.25) is 5.91 Å². The third kappa shape index (κ3) is 4.86. The summed E-state index contributed by atoms with van der Waals surface area (Å²) in [6.45, 7) is -0.655.